The Labute approximate surface area is 118 Å². The summed E-state index contributed by atoms with van der Waals surface area (Å²) in [5.41, 5.74) is 0.841. The third-order valence-corrected chi connectivity index (χ3v) is 3.44. The van der Waals surface area contributed by atoms with Crippen LogP contribution in [0.4, 0.5) is 20.2 Å². The fourth-order valence-corrected chi connectivity index (χ4v) is 2.58. The number of nitrogens with zero attached hydrogens (tertiary/aromatic N) is 4. The molecule has 0 radical (unpaired) electrons. The highest BCUT2D eigenvalue weighted by Crippen LogP contribution is 2.31. The molecule has 6 nitrogen and oxygen atoms in total. The van der Waals surface area contributed by atoms with Crippen molar-refractivity contribution in [3.05, 3.63) is 51.8 Å². The van der Waals surface area contributed by atoms with Crippen LogP contribution in [0.2, 0.25) is 0 Å². The minimum Gasteiger partial charge on any atom is -0.349 e. The van der Waals surface area contributed by atoms with E-state index >= 15 is 0 Å². The van der Waals surface area contributed by atoms with E-state index < -0.39 is 16.6 Å². The first-order chi connectivity index (χ1) is 10.0. The fraction of sp³-hybridized carbons (Fsp3) is 0.308. The van der Waals surface area contributed by atoms with Crippen LogP contribution in [0, 0.1) is 21.7 Å². The van der Waals surface area contributed by atoms with Crippen LogP contribution in [0.1, 0.15) is 12.0 Å². The summed E-state index contributed by atoms with van der Waals surface area (Å²) in [7, 11) is 0. The Balaban J connectivity index is 1.89. The molecule has 0 spiro atoms. The molecule has 1 aliphatic heterocycles. The Morgan fingerprint density at radius 1 is 1.38 bits per heavy atom. The Kier molecular flexibility index (Phi) is 3.28. The van der Waals surface area contributed by atoms with Gasteiger partial charge in [-0.15, -0.1) is 0 Å². The van der Waals surface area contributed by atoms with Gasteiger partial charge in [-0.25, -0.2) is 13.5 Å². The average molecular weight is 294 g/mol. The Bertz CT molecular complexity index is 701. The Hall–Kier alpha value is -2.51. The van der Waals surface area contributed by atoms with Crippen LogP contribution < -0.4 is 4.90 Å². The highest BCUT2D eigenvalue weighted by molar-refractivity contribution is 5.56. The van der Waals surface area contributed by atoms with Crippen molar-refractivity contribution >= 4 is 11.4 Å². The SMILES string of the molecule is O=[N+]([O-])c1cnn(CN2CCCc3cc(F)cc(F)c32)c1. The van der Waals surface area contributed by atoms with Crippen molar-refractivity contribution in [3.63, 3.8) is 0 Å². The van der Waals surface area contributed by atoms with Gasteiger partial charge in [-0.3, -0.25) is 10.1 Å². The van der Waals surface area contributed by atoms with Gasteiger partial charge in [-0.05, 0) is 24.5 Å². The number of aryl methyl sites for hydroxylation is 1. The molecule has 8 heteroatoms. The van der Waals surface area contributed by atoms with E-state index in [4.69, 9.17) is 0 Å². The second-order valence-corrected chi connectivity index (χ2v) is 4.90. The van der Waals surface area contributed by atoms with Crippen LogP contribution in [0.15, 0.2) is 24.5 Å². The molecule has 1 aromatic carbocycles. The number of halogens is 2. The molecule has 0 unspecified atom stereocenters. The summed E-state index contributed by atoms with van der Waals surface area (Å²) in [5.74, 6) is -1.21. The van der Waals surface area contributed by atoms with Crippen molar-refractivity contribution in [1.29, 1.82) is 0 Å². The number of hydrogen-bond donors (Lipinski definition) is 0. The van der Waals surface area contributed by atoms with Crippen LogP contribution in [0.3, 0.4) is 0 Å². The predicted molar refractivity (Wildman–Crippen MR) is 70.9 cm³/mol. The molecular weight excluding hydrogens is 282 g/mol. The summed E-state index contributed by atoms with van der Waals surface area (Å²) in [5, 5.41) is 14.5. The van der Waals surface area contributed by atoms with Crippen molar-refractivity contribution in [3.8, 4) is 0 Å². The lowest BCUT2D eigenvalue weighted by atomic mass is 10.0. The van der Waals surface area contributed by atoms with E-state index in [-0.39, 0.29) is 12.4 Å². The van der Waals surface area contributed by atoms with Gasteiger partial charge in [0.25, 0.3) is 0 Å². The molecule has 110 valence electrons. The topological polar surface area (TPSA) is 64.2 Å². The zero-order valence-corrected chi connectivity index (χ0v) is 11.0. The molecule has 21 heavy (non-hydrogen) atoms. The van der Waals surface area contributed by atoms with Gasteiger partial charge in [0.2, 0.25) is 0 Å². The highest BCUT2D eigenvalue weighted by atomic mass is 19.1. The summed E-state index contributed by atoms with van der Waals surface area (Å²) < 4.78 is 28.6. The Morgan fingerprint density at radius 2 is 2.19 bits per heavy atom. The lowest BCUT2D eigenvalue weighted by Gasteiger charge is -2.31. The third-order valence-electron chi connectivity index (χ3n) is 3.44. The van der Waals surface area contributed by atoms with E-state index in [0.717, 1.165) is 18.7 Å². The van der Waals surface area contributed by atoms with Crippen LogP contribution >= 0.6 is 0 Å². The maximum atomic E-state index is 14.0. The number of hydrogen-bond acceptors (Lipinski definition) is 4. The summed E-state index contributed by atoms with van der Waals surface area (Å²) in [6, 6.07) is 2.18. The first-order valence-electron chi connectivity index (χ1n) is 6.44. The summed E-state index contributed by atoms with van der Waals surface area (Å²) in [4.78, 5) is 11.8. The molecule has 1 aromatic heterocycles. The average Bonchev–Trinajstić information content (AvgIpc) is 2.87. The molecular formula is C13H12F2N4O2. The standard InChI is InChI=1S/C13H12F2N4O2/c14-10-4-9-2-1-3-17(13(9)12(15)5-10)8-18-7-11(6-16-18)19(20)21/h4-7H,1-3,8H2. The lowest BCUT2D eigenvalue weighted by Crippen LogP contribution is -2.32. The summed E-state index contributed by atoms with van der Waals surface area (Å²) in [6.45, 7) is 0.770. The summed E-state index contributed by atoms with van der Waals surface area (Å²) >= 11 is 0. The van der Waals surface area contributed by atoms with E-state index in [1.165, 1.54) is 16.9 Å². The zero-order chi connectivity index (χ0) is 15.0. The minimum absolute atomic E-state index is 0.119. The number of fused-ring (bicyclic) bond motifs is 1. The molecule has 0 saturated heterocycles. The van der Waals surface area contributed by atoms with Gasteiger partial charge < -0.3 is 4.90 Å². The van der Waals surface area contributed by atoms with Crippen molar-refractivity contribution in [2.24, 2.45) is 0 Å². The lowest BCUT2D eigenvalue weighted by molar-refractivity contribution is -0.385. The van der Waals surface area contributed by atoms with Gasteiger partial charge in [-0.2, -0.15) is 5.10 Å². The molecule has 1 aliphatic rings. The van der Waals surface area contributed by atoms with E-state index in [1.54, 1.807) is 4.90 Å². The third kappa shape index (κ3) is 2.56. The molecule has 0 amide bonds. The second kappa shape index (κ2) is 5.12. The number of anilines is 1. The highest BCUT2D eigenvalue weighted by Gasteiger charge is 2.22. The van der Waals surface area contributed by atoms with Crippen molar-refractivity contribution in [2.75, 3.05) is 11.4 Å². The van der Waals surface area contributed by atoms with Gasteiger partial charge in [-0.1, -0.05) is 0 Å². The van der Waals surface area contributed by atoms with Crippen LogP contribution in [0.25, 0.3) is 0 Å². The predicted octanol–water partition coefficient (Wildman–Crippen LogP) is 2.48. The molecule has 0 N–H and O–H groups in total. The number of rotatable bonds is 3. The van der Waals surface area contributed by atoms with E-state index in [9.17, 15) is 18.9 Å². The van der Waals surface area contributed by atoms with Gasteiger partial charge in [0, 0.05) is 12.6 Å². The Morgan fingerprint density at radius 3 is 2.90 bits per heavy atom. The fourth-order valence-electron chi connectivity index (χ4n) is 2.58. The molecule has 0 fully saturated rings. The largest absolute Gasteiger partial charge is 0.349 e. The monoisotopic (exact) mass is 294 g/mol. The van der Waals surface area contributed by atoms with E-state index in [1.807, 2.05) is 0 Å². The first kappa shape index (κ1) is 13.5. The van der Waals surface area contributed by atoms with E-state index in [0.29, 0.717) is 24.2 Å². The number of aromatic nitrogens is 2. The molecule has 0 saturated carbocycles. The van der Waals surface area contributed by atoms with Crippen molar-refractivity contribution in [1.82, 2.24) is 9.78 Å². The zero-order valence-electron chi connectivity index (χ0n) is 11.0. The van der Waals surface area contributed by atoms with Gasteiger partial charge in [0.15, 0.2) is 0 Å². The molecule has 0 bridgehead atoms. The van der Waals surface area contributed by atoms with Gasteiger partial charge in [0.1, 0.15) is 30.7 Å². The smallest absolute Gasteiger partial charge is 0.307 e. The summed E-state index contributed by atoms with van der Waals surface area (Å²) in [6.07, 6.45) is 3.81. The molecule has 2 aromatic rings. The quantitative estimate of drug-likeness (QED) is 0.644. The van der Waals surface area contributed by atoms with Crippen LogP contribution in [0.5, 0.6) is 0 Å². The van der Waals surface area contributed by atoms with Crippen molar-refractivity contribution < 1.29 is 13.7 Å². The minimum atomic E-state index is -0.619. The van der Waals surface area contributed by atoms with E-state index in [2.05, 4.69) is 5.10 Å². The second-order valence-electron chi connectivity index (χ2n) is 4.90. The first-order valence-corrected chi connectivity index (χ1v) is 6.44. The molecule has 2 heterocycles. The van der Waals surface area contributed by atoms with Crippen molar-refractivity contribution in [2.45, 2.75) is 19.5 Å². The number of nitro groups is 1. The maximum absolute atomic E-state index is 14.0. The van der Waals surface area contributed by atoms with Gasteiger partial charge >= 0.3 is 5.69 Å². The normalized spacial score (nSPS) is 14.1. The molecule has 0 atom stereocenters. The van der Waals surface area contributed by atoms with Gasteiger partial charge in [0.05, 0.1) is 10.6 Å². The number of benzene rings is 1. The van der Waals surface area contributed by atoms with Crippen LogP contribution in [-0.4, -0.2) is 21.2 Å². The van der Waals surface area contributed by atoms with Crippen LogP contribution in [-0.2, 0) is 13.1 Å². The maximum Gasteiger partial charge on any atom is 0.307 e. The molecule has 0 aliphatic carbocycles. The molecule has 3 rings (SSSR count).